The number of nitrogens with zero attached hydrogens (tertiary/aromatic N) is 1. The minimum atomic E-state index is -1.00. The number of carboxylic acid groups (broad SMARTS) is 1. The van der Waals surface area contributed by atoms with Gasteiger partial charge in [-0.15, -0.1) is 0 Å². The van der Waals surface area contributed by atoms with E-state index in [0.29, 0.717) is 21.5 Å². The molecule has 172 valence electrons. The fraction of sp³-hybridized carbons (Fsp3) is 0.115. The van der Waals surface area contributed by atoms with Gasteiger partial charge in [0.1, 0.15) is 24.0 Å². The molecule has 8 heteroatoms. The summed E-state index contributed by atoms with van der Waals surface area (Å²) in [6.07, 6.45) is 1.47. The highest BCUT2D eigenvalue weighted by atomic mass is 79.9. The highest BCUT2D eigenvalue weighted by molar-refractivity contribution is 9.11. The van der Waals surface area contributed by atoms with Crippen LogP contribution in [0.1, 0.15) is 32.6 Å². The van der Waals surface area contributed by atoms with Gasteiger partial charge in [-0.05, 0) is 77.3 Å². The lowest BCUT2D eigenvalue weighted by molar-refractivity contribution is -0.112. The van der Waals surface area contributed by atoms with E-state index in [9.17, 15) is 14.9 Å². The molecule has 0 aliphatic heterocycles. The Kier molecular flexibility index (Phi) is 8.26. The molecule has 0 saturated heterocycles. The minimum absolute atomic E-state index is 0.0827. The fourth-order valence-electron chi connectivity index (χ4n) is 3.19. The Bertz CT molecular complexity index is 1330. The van der Waals surface area contributed by atoms with Crippen molar-refractivity contribution in [1.29, 1.82) is 5.26 Å². The summed E-state index contributed by atoms with van der Waals surface area (Å²) in [7, 11) is 0. The Balaban J connectivity index is 1.87. The molecule has 0 aliphatic rings. The van der Waals surface area contributed by atoms with Crippen LogP contribution in [0.5, 0.6) is 5.75 Å². The zero-order valence-corrected chi connectivity index (χ0v) is 21.5. The SMILES string of the molecule is Cc1ccc(NC(=O)/C(C#N)=C/c2cc(Br)cc(Br)c2OCc2ccc(C(=O)O)cc2)c(C)c1. The molecule has 3 aromatic carbocycles. The Morgan fingerprint density at radius 1 is 1.09 bits per heavy atom. The Labute approximate surface area is 214 Å². The van der Waals surface area contributed by atoms with Crippen molar-refractivity contribution in [2.75, 3.05) is 5.32 Å². The summed E-state index contributed by atoms with van der Waals surface area (Å²) in [6, 6.07) is 17.5. The largest absolute Gasteiger partial charge is 0.487 e. The van der Waals surface area contributed by atoms with Crippen molar-refractivity contribution in [2.45, 2.75) is 20.5 Å². The van der Waals surface area contributed by atoms with Crippen molar-refractivity contribution in [3.8, 4) is 11.8 Å². The molecule has 34 heavy (non-hydrogen) atoms. The van der Waals surface area contributed by atoms with Crippen molar-refractivity contribution >= 4 is 55.5 Å². The number of carbonyl (C=O) groups is 2. The van der Waals surface area contributed by atoms with E-state index < -0.39 is 11.9 Å². The zero-order chi connectivity index (χ0) is 24.8. The summed E-state index contributed by atoms with van der Waals surface area (Å²) in [5.41, 5.74) is 4.00. The van der Waals surface area contributed by atoms with Gasteiger partial charge in [0, 0.05) is 15.7 Å². The molecular formula is C26H20Br2N2O4. The van der Waals surface area contributed by atoms with E-state index in [1.165, 1.54) is 18.2 Å². The molecule has 1 amide bonds. The number of nitriles is 1. The molecule has 0 spiro atoms. The molecule has 0 heterocycles. The second kappa shape index (κ2) is 11.1. The average Bonchev–Trinajstić information content (AvgIpc) is 2.78. The van der Waals surface area contributed by atoms with E-state index in [1.807, 2.05) is 32.0 Å². The number of aryl methyl sites for hydroxylation is 2. The lowest BCUT2D eigenvalue weighted by atomic mass is 10.1. The van der Waals surface area contributed by atoms with E-state index in [-0.39, 0.29) is 17.7 Å². The number of hydrogen-bond acceptors (Lipinski definition) is 4. The molecule has 2 N–H and O–H groups in total. The smallest absolute Gasteiger partial charge is 0.335 e. The van der Waals surface area contributed by atoms with Gasteiger partial charge in [-0.3, -0.25) is 4.79 Å². The molecule has 0 bridgehead atoms. The number of carboxylic acids is 1. The maximum Gasteiger partial charge on any atom is 0.335 e. The molecule has 0 atom stereocenters. The van der Waals surface area contributed by atoms with Crippen LogP contribution in [0.2, 0.25) is 0 Å². The normalized spacial score (nSPS) is 11.0. The third kappa shape index (κ3) is 6.34. The van der Waals surface area contributed by atoms with Gasteiger partial charge in [-0.1, -0.05) is 45.8 Å². The summed E-state index contributed by atoms with van der Waals surface area (Å²) >= 11 is 6.91. The topological polar surface area (TPSA) is 99.4 Å². The van der Waals surface area contributed by atoms with Crippen LogP contribution in [0.3, 0.4) is 0 Å². The number of nitrogens with one attached hydrogen (secondary N) is 1. The third-order valence-corrected chi connectivity index (χ3v) is 5.96. The van der Waals surface area contributed by atoms with E-state index >= 15 is 0 Å². The lowest BCUT2D eigenvalue weighted by Gasteiger charge is -2.13. The van der Waals surface area contributed by atoms with Gasteiger partial charge < -0.3 is 15.2 Å². The number of aromatic carboxylic acids is 1. The van der Waals surface area contributed by atoms with Crippen molar-refractivity contribution in [2.24, 2.45) is 0 Å². The molecule has 0 aliphatic carbocycles. The van der Waals surface area contributed by atoms with Crippen LogP contribution in [0, 0.1) is 25.2 Å². The van der Waals surface area contributed by atoms with E-state index in [4.69, 9.17) is 9.84 Å². The lowest BCUT2D eigenvalue weighted by Crippen LogP contribution is -2.14. The van der Waals surface area contributed by atoms with Gasteiger partial charge in [0.05, 0.1) is 10.0 Å². The molecule has 3 rings (SSSR count). The summed E-state index contributed by atoms with van der Waals surface area (Å²) in [5.74, 6) is -1.09. The Morgan fingerprint density at radius 3 is 2.41 bits per heavy atom. The average molecular weight is 584 g/mol. The first-order valence-electron chi connectivity index (χ1n) is 10.1. The molecular weight excluding hydrogens is 564 g/mol. The predicted octanol–water partition coefficient (Wildman–Crippen LogP) is 6.65. The van der Waals surface area contributed by atoms with Gasteiger partial charge in [0.15, 0.2) is 0 Å². The number of amides is 1. The molecule has 0 aromatic heterocycles. The van der Waals surface area contributed by atoms with Crippen LogP contribution < -0.4 is 10.1 Å². The van der Waals surface area contributed by atoms with Crippen LogP contribution in [-0.2, 0) is 11.4 Å². The summed E-state index contributed by atoms with van der Waals surface area (Å²) in [5, 5.41) is 21.5. The minimum Gasteiger partial charge on any atom is -0.487 e. The Morgan fingerprint density at radius 2 is 1.79 bits per heavy atom. The first-order chi connectivity index (χ1) is 16.2. The predicted molar refractivity (Wildman–Crippen MR) is 138 cm³/mol. The first-order valence-corrected chi connectivity index (χ1v) is 11.7. The molecule has 6 nitrogen and oxygen atoms in total. The van der Waals surface area contributed by atoms with Crippen molar-refractivity contribution in [3.05, 3.63) is 96.9 Å². The van der Waals surface area contributed by atoms with E-state index in [0.717, 1.165) is 21.2 Å². The van der Waals surface area contributed by atoms with E-state index in [2.05, 4.69) is 37.2 Å². The van der Waals surface area contributed by atoms with Gasteiger partial charge >= 0.3 is 5.97 Å². The van der Waals surface area contributed by atoms with Crippen molar-refractivity contribution in [1.82, 2.24) is 0 Å². The molecule has 0 radical (unpaired) electrons. The molecule has 0 fully saturated rings. The number of hydrogen-bond donors (Lipinski definition) is 2. The number of carbonyl (C=O) groups excluding carboxylic acids is 1. The van der Waals surface area contributed by atoms with Crippen LogP contribution in [0.15, 0.2) is 69.1 Å². The molecule has 0 saturated carbocycles. The maximum absolute atomic E-state index is 12.8. The maximum atomic E-state index is 12.8. The van der Waals surface area contributed by atoms with Crippen molar-refractivity contribution < 1.29 is 19.4 Å². The molecule has 3 aromatic rings. The highest BCUT2D eigenvalue weighted by Gasteiger charge is 2.15. The fourth-order valence-corrected chi connectivity index (χ4v) is 4.56. The highest BCUT2D eigenvalue weighted by Crippen LogP contribution is 2.35. The quantitative estimate of drug-likeness (QED) is 0.239. The molecule has 0 unspecified atom stereocenters. The van der Waals surface area contributed by atoms with Crippen LogP contribution in [0.25, 0.3) is 6.08 Å². The summed E-state index contributed by atoms with van der Waals surface area (Å²) in [4.78, 5) is 23.9. The second-order valence-corrected chi connectivity index (χ2v) is 9.31. The summed E-state index contributed by atoms with van der Waals surface area (Å²) in [6.45, 7) is 4.02. The number of anilines is 1. The number of benzene rings is 3. The van der Waals surface area contributed by atoms with Gasteiger partial charge in [-0.25, -0.2) is 4.79 Å². The number of rotatable bonds is 7. The van der Waals surface area contributed by atoms with Gasteiger partial charge in [0.2, 0.25) is 0 Å². The third-order valence-electron chi connectivity index (χ3n) is 4.92. The first kappa shape index (κ1) is 25.2. The van der Waals surface area contributed by atoms with Crippen LogP contribution >= 0.6 is 31.9 Å². The zero-order valence-electron chi connectivity index (χ0n) is 18.4. The van der Waals surface area contributed by atoms with Gasteiger partial charge in [0.25, 0.3) is 5.91 Å². The number of halogens is 2. The van der Waals surface area contributed by atoms with E-state index in [1.54, 1.807) is 30.3 Å². The van der Waals surface area contributed by atoms with Crippen LogP contribution in [-0.4, -0.2) is 17.0 Å². The monoisotopic (exact) mass is 582 g/mol. The standard InChI is InChI=1S/C26H20Br2N2O4/c1-15-3-8-23(16(2)9-15)30-25(31)20(13-29)10-19-11-21(27)12-22(28)24(19)34-14-17-4-6-18(7-5-17)26(32)33/h3-12H,14H2,1-2H3,(H,30,31)(H,32,33)/b20-10+. The Hall–Kier alpha value is -3.41. The van der Waals surface area contributed by atoms with Gasteiger partial charge in [-0.2, -0.15) is 5.26 Å². The van der Waals surface area contributed by atoms with Crippen LogP contribution in [0.4, 0.5) is 5.69 Å². The number of ether oxygens (including phenoxy) is 1. The van der Waals surface area contributed by atoms with Crippen molar-refractivity contribution in [3.63, 3.8) is 0 Å². The second-order valence-electron chi connectivity index (χ2n) is 7.54. The summed E-state index contributed by atoms with van der Waals surface area (Å²) < 4.78 is 7.34.